The topological polar surface area (TPSA) is 114 Å². The lowest BCUT2D eigenvalue weighted by molar-refractivity contribution is -0.159. The smallest absolute Gasteiger partial charge is 0.414 e. The van der Waals surface area contributed by atoms with Gasteiger partial charge in [0.1, 0.15) is 6.10 Å². The van der Waals surface area contributed by atoms with Gasteiger partial charge in [-0.2, -0.15) is 0 Å². The molecule has 0 radical (unpaired) electrons. The summed E-state index contributed by atoms with van der Waals surface area (Å²) in [5, 5.41) is 23.6. The molecule has 2 unspecified atom stereocenters. The first-order valence-electron chi connectivity index (χ1n) is 11.3. The molecule has 0 spiro atoms. The number of hydrogen-bond acceptors (Lipinski definition) is 5. The normalized spacial score (nSPS) is 25.3. The van der Waals surface area contributed by atoms with E-state index in [1.165, 1.54) is 42.6 Å². The van der Waals surface area contributed by atoms with Crippen LogP contribution in [0.3, 0.4) is 0 Å². The largest absolute Gasteiger partial charge is 0.473 e. The summed E-state index contributed by atoms with van der Waals surface area (Å²) in [4.78, 5) is 22.8. The van der Waals surface area contributed by atoms with Crippen molar-refractivity contribution in [2.45, 2.75) is 31.4 Å². The van der Waals surface area contributed by atoms with Gasteiger partial charge in [0.2, 0.25) is 0 Å². The van der Waals surface area contributed by atoms with Crippen LogP contribution in [0.25, 0.3) is 0 Å². The number of fused-ring (bicyclic) bond motifs is 4. The zero-order valence-electron chi connectivity index (χ0n) is 18.4. The van der Waals surface area contributed by atoms with Crippen LogP contribution in [0.1, 0.15) is 35.6 Å². The van der Waals surface area contributed by atoms with Gasteiger partial charge < -0.3 is 19.8 Å². The summed E-state index contributed by atoms with van der Waals surface area (Å²) < 4.78 is 6.30. The molecular weight excluding hydrogens is 422 g/mol. The number of hydrogen-bond donors (Lipinski definition) is 3. The molecule has 3 saturated heterocycles. The molecule has 0 aromatic heterocycles. The van der Waals surface area contributed by atoms with E-state index >= 15 is 0 Å². The number of amidine groups is 1. The van der Waals surface area contributed by atoms with Crippen molar-refractivity contribution in [3.05, 3.63) is 71.3 Å². The van der Waals surface area contributed by atoms with E-state index in [1.807, 2.05) is 0 Å². The minimum atomic E-state index is -1.82. The molecule has 2 aromatic carbocycles. The third-order valence-corrected chi connectivity index (χ3v) is 6.70. The fourth-order valence-corrected chi connectivity index (χ4v) is 5.04. The summed E-state index contributed by atoms with van der Waals surface area (Å²) in [7, 11) is 0. The van der Waals surface area contributed by atoms with Crippen molar-refractivity contribution in [3.8, 4) is 0 Å². The van der Waals surface area contributed by atoms with Crippen LogP contribution in [0, 0.1) is 11.3 Å². The standard InChI is InChI=1S/C23H27N3O.C2H2O4/c24-23(27-21-16-25-13-10-18(21)11-14-25)26-15-12-17-6-4-5-9-20(17)22(26)19-7-2-1-3-8-19;3-1(4)2(5)6/h1-9,18,21-22,24H,10-16H2;(H,3,4)(H,5,6). The average molecular weight is 452 g/mol. The Kier molecular flexibility index (Phi) is 6.93. The fraction of sp³-hybridized carbons (Fsp3) is 0.400. The molecule has 0 aliphatic carbocycles. The molecular formula is C25H29N3O5. The highest BCUT2D eigenvalue weighted by Gasteiger charge is 2.38. The van der Waals surface area contributed by atoms with Crippen LogP contribution in [0.2, 0.25) is 0 Å². The van der Waals surface area contributed by atoms with Gasteiger partial charge in [-0.3, -0.25) is 10.3 Å². The SMILES string of the molecule is N=C(OC1CN2CCC1CC2)N1CCc2ccccc2C1c1ccccc1.O=C(O)C(=O)O. The molecule has 3 fully saturated rings. The molecule has 8 nitrogen and oxygen atoms in total. The van der Waals surface area contributed by atoms with Gasteiger partial charge in [-0.05, 0) is 55.0 Å². The molecule has 0 saturated carbocycles. The number of carboxylic acids is 2. The predicted molar refractivity (Wildman–Crippen MR) is 122 cm³/mol. The third kappa shape index (κ3) is 5.17. The average Bonchev–Trinajstić information content (AvgIpc) is 2.85. The van der Waals surface area contributed by atoms with Crippen molar-refractivity contribution in [1.82, 2.24) is 9.80 Å². The van der Waals surface area contributed by atoms with E-state index < -0.39 is 11.9 Å². The van der Waals surface area contributed by atoms with Gasteiger partial charge in [0.05, 0.1) is 6.04 Å². The van der Waals surface area contributed by atoms with Crippen LogP contribution >= 0.6 is 0 Å². The quantitative estimate of drug-likeness (QED) is 0.365. The van der Waals surface area contributed by atoms with Crippen LogP contribution in [0.15, 0.2) is 54.6 Å². The van der Waals surface area contributed by atoms with Crippen molar-refractivity contribution in [1.29, 1.82) is 5.41 Å². The summed E-state index contributed by atoms with van der Waals surface area (Å²) in [6, 6.07) is 19.6. The van der Waals surface area contributed by atoms with Crippen molar-refractivity contribution in [2.75, 3.05) is 26.2 Å². The first kappa shape index (κ1) is 22.8. The Morgan fingerprint density at radius 1 is 0.909 bits per heavy atom. The Balaban J connectivity index is 0.000000385. The second-order valence-corrected chi connectivity index (χ2v) is 8.67. The van der Waals surface area contributed by atoms with E-state index in [0.717, 1.165) is 19.5 Å². The number of carbonyl (C=O) groups is 2. The lowest BCUT2D eigenvalue weighted by Gasteiger charge is -2.46. The number of rotatable bonds is 2. The Morgan fingerprint density at radius 2 is 1.55 bits per heavy atom. The van der Waals surface area contributed by atoms with Crippen molar-refractivity contribution in [2.24, 2.45) is 5.92 Å². The summed E-state index contributed by atoms with van der Waals surface area (Å²) in [5.41, 5.74) is 3.92. The maximum atomic E-state index is 9.10. The highest BCUT2D eigenvalue weighted by atomic mass is 16.5. The molecule has 33 heavy (non-hydrogen) atoms. The zero-order chi connectivity index (χ0) is 23.4. The lowest BCUT2D eigenvalue weighted by Crippen LogP contribution is -2.53. The van der Waals surface area contributed by atoms with E-state index in [4.69, 9.17) is 29.9 Å². The van der Waals surface area contributed by atoms with Crippen LogP contribution < -0.4 is 0 Å². The highest BCUT2D eigenvalue weighted by molar-refractivity contribution is 6.27. The Bertz CT molecular complexity index is 992. The van der Waals surface area contributed by atoms with E-state index in [-0.39, 0.29) is 12.1 Å². The first-order chi connectivity index (χ1) is 15.9. The van der Waals surface area contributed by atoms with Crippen LogP contribution in [-0.4, -0.2) is 70.3 Å². The molecule has 2 bridgehead atoms. The minimum absolute atomic E-state index is 0.0599. The number of carboxylic acid groups (broad SMARTS) is 2. The lowest BCUT2D eigenvalue weighted by atomic mass is 9.86. The van der Waals surface area contributed by atoms with E-state index in [2.05, 4.69) is 64.4 Å². The number of nitrogens with zero attached hydrogens (tertiary/aromatic N) is 2. The van der Waals surface area contributed by atoms with Gasteiger partial charge in [-0.1, -0.05) is 54.6 Å². The fourth-order valence-electron chi connectivity index (χ4n) is 5.04. The molecule has 2 atom stereocenters. The van der Waals surface area contributed by atoms with Crippen LogP contribution in [-0.2, 0) is 20.7 Å². The third-order valence-electron chi connectivity index (χ3n) is 6.70. The molecule has 174 valence electrons. The van der Waals surface area contributed by atoms with Gasteiger partial charge in [0.25, 0.3) is 6.02 Å². The molecule has 3 N–H and O–H groups in total. The Hall–Kier alpha value is -3.39. The first-order valence-corrected chi connectivity index (χ1v) is 11.3. The van der Waals surface area contributed by atoms with E-state index in [0.29, 0.717) is 11.9 Å². The summed E-state index contributed by atoms with van der Waals surface area (Å²) in [5.74, 6) is -3.03. The molecule has 4 aliphatic heterocycles. The van der Waals surface area contributed by atoms with E-state index in [9.17, 15) is 0 Å². The zero-order valence-corrected chi connectivity index (χ0v) is 18.4. The summed E-state index contributed by atoms with van der Waals surface area (Å²) >= 11 is 0. The number of ether oxygens (including phenoxy) is 1. The maximum absolute atomic E-state index is 9.10. The molecule has 6 rings (SSSR count). The second-order valence-electron chi connectivity index (χ2n) is 8.67. The van der Waals surface area contributed by atoms with Crippen molar-refractivity contribution < 1.29 is 24.5 Å². The number of benzene rings is 2. The molecule has 0 amide bonds. The maximum Gasteiger partial charge on any atom is 0.414 e. The van der Waals surface area contributed by atoms with Gasteiger partial charge >= 0.3 is 11.9 Å². The number of aliphatic carboxylic acids is 2. The Labute approximate surface area is 192 Å². The van der Waals surface area contributed by atoms with E-state index in [1.54, 1.807) is 0 Å². The van der Waals surface area contributed by atoms with Gasteiger partial charge in [-0.15, -0.1) is 0 Å². The molecule has 4 aliphatic rings. The number of piperidine rings is 3. The van der Waals surface area contributed by atoms with Gasteiger partial charge in [0, 0.05) is 13.1 Å². The predicted octanol–water partition coefficient (Wildman–Crippen LogP) is 2.84. The number of nitrogens with one attached hydrogen (secondary N) is 1. The molecule has 8 heteroatoms. The Morgan fingerprint density at radius 3 is 2.15 bits per heavy atom. The van der Waals surface area contributed by atoms with Crippen LogP contribution in [0.5, 0.6) is 0 Å². The van der Waals surface area contributed by atoms with Crippen molar-refractivity contribution >= 4 is 18.0 Å². The summed E-state index contributed by atoms with van der Waals surface area (Å²) in [6.07, 6.45) is 3.56. The molecule has 4 heterocycles. The molecule has 2 aromatic rings. The monoisotopic (exact) mass is 451 g/mol. The van der Waals surface area contributed by atoms with Gasteiger partial charge in [-0.25, -0.2) is 9.59 Å². The van der Waals surface area contributed by atoms with Gasteiger partial charge in [0.15, 0.2) is 0 Å². The highest BCUT2D eigenvalue weighted by Crippen LogP contribution is 2.36. The second kappa shape index (κ2) is 10.0. The minimum Gasteiger partial charge on any atom is -0.473 e. The summed E-state index contributed by atoms with van der Waals surface area (Å²) in [6.45, 7) is 4.20. The van der Waals surface area contributed by atoms with Crippen molar-refractivity contribution in [3.63, 3.8) is 0 Å². The van der Waals surface area contributed by atoms with Crippen LogP contribution in [0.4, 0.5) is 0 Å².